The molecule has 0 aromatic heterocycles. The van der Waals surface area contributed by atoms with E-state index in [0.29, 0.717) is 5.75 Å². The van der Waals surface area contributed by atoms with E-state index in [4.69, 9.17) is 9.84 Å². The van der Waals surface area contributed by atoms with E-state index in [1.54, 1.807) is 31.2 Å². The summed E-state index contributed by atoms with van der Waals surface area (Å²) in [6.45, 7) is 0.756. The van der Waals surface area contributed by atoms with Gasteiger partial charge in [0, 0.05) is 4.47 Å². The van der Waals surface area contributed by atoms with E-state index >= 15 is 0 Å². The van der Waals surface area contributed by atoms with E-state index in [-0.39, 0.29) is 6.54 Å². The van der Waals surface area contributed by atoms with E-state index in [2.05, 4.69) is 26.6 Å². The lowest BCUT2D eigenvalue weighted by atomic mass is 10.3. The SMILES string of the molecule is CC(Oc1ccc(Br)cc1)C(=O)NCC(=O)NCC(=O)O. The number of aliphatic carboxylic acids is 1. The number of amides is 2. The molecular formula is C13H15BrN2O5. The Morgan fingerprint density at radius 1 is 1.19 bits per heavy atom. The summed E-state index contributed by atoms with van der Waals surface area (Å²) in [7, 11) is 0. The first kappa shape index (κ1) is 17.0. The Balaban J connectivity index is 2.35. The summed E-state index contributed by atoms with van der Waals surface area (Å²) in [5.74, 6) is -1.68. The minimum Gasteiger partial charge on any atom is -0.481 e. The maximum Gasteiger partial charge on any atom is 0.322 e. The lowest BCUT2D eigenvalue weighted by Gasteiger charge is -2.14. The molecule has 2 amide bonds. The van der Waals surface area contributed by atoms with Crippen LogP contribution in [0.15, 0.2) is 28.7 Å². The number of benzene rings is 1. The molecule has 0 heterocycles. The summed E-state index contributed by atoms with van der Waals surface area (Å²) in [5.41, 5.74) is 0. The number of hydrogen-bond acceptors (Lipinski definition) is 4. The van der Waals surface area contributed by atoms with Crippen LogP contribution in [0, 0.1) is 0 Å². The second-order valence-corrected chi connectivity index (χ2v) is 5.02. The molecule has 0 saturated carbocycles. The van der Waals surface area contributed by atoms with Gasteiger partial charge in [0.25, 0.3) is 5.91 Å². The van der Waals surface area contributed by atoms with Crippen molar-refractivity contribution in [3.63, 3.8) is 0 Å². The van der Waals surface area contributed by atoms with Crippen LogP contribution in [0.2, 0.25) is 0 Å². The molecule has 8 heteroatoms. The summed E-state index contributed by atoms with van der Waals surface area (Å²) >= 11 is 3.29. The second kappa shape index (κ2) is 8.25. The van der Waals surface area contributed by atoms with Crippen molar-refractivity contribution in [3.8, 4) is 5.75 Å². The molecule has 1 rings (SSSR count). The predicted octanol–water partition coefficient (Wildman–Crippen LogP) is 0.533. The lowest BCUT2D eigenvalue weighted by molar-refractivity contribution is -0.137. The molecule has 0 aliphatic rings. The maximum absolute atomic E-state index is 11.7. The van der Waals surface area contributed by atoms with Gasteiger partial charge in [-0.1, -0.05) is 15.9 Å². The van der Waals surface area contributed by atoms with Crippen LogP contribution in [0.4, 0.5) is 0 Å². The third-order valence-electron chi connectivity index (χ3n) is 2.36. The third-order valence-corrected chi connectivity index (χ3v) is 2.88. The largest absolute Gasteiger partial charge is 0.481 e. The van der Waals surface area contributed by atoms with Crippen LogP contribution in [0.25, 0.3) is 0 Å². The standard InChI is InChI=1S/C13H15BrN2O5/c1-8(21-10-4-2-9(14)3-5-10)13(20)16-6-11(17)15-7-12(18)19/h2-5,8H,6-7H2,1H3,(H,15,17)(H,16,20)(H,18,19). The highest BCUT2D eigenvalue weighted by Crippen LogP contribution is 2.17. The van der Waals surface area contributed by atoms with E-state index in [9.17, 15) is 14.4 Å². The van der Waals surface area contributed by atoms with Crippen LogP contribution in [0.3, 0.4) is 0 Å². The fourth-order valence-corrected chi connectivity index (χ4v) is 1.58. The van der Waals surface area contributed by atoms with Gasteiger partial charge in [-0.2, -0.15) is 0 Å². The number of carbonyl (C=O) groups is 3. The minimum atomic E-state index is -1.15. The van der Waals surface area contributed by atoms with Crippen molar-refractivity contribution in [2.75, 3.05) is 13.1 Å². The molecule has 1 aromatic rings. The van der Waals surface area contributed by atoms with Gasteiger partial charge in [-0.15, -0.1) is 0 Å². The highest BCUT2D eigenvalue weighted by atomic mass is 79.9. The molecule has 1 aromatic carbocycles. The first-order valence-electron chi connectivity index (χ1n) is 6.07. The first-order valence-corrected chi connectivity index (χ1v) is 6.86. The number of halogens is 1. The summed E-state index contributed by atoms with van der Waals surface area (Å²) in [6.07, 6.45) is -0.779. The van der Waals surface area contributed by atoms with Crippen LogP contribution in [-0.4, -0.2) is 42.1 Å². The van der Waals surface area contributed by atoms with Crippen LogP contribution in [-0.2, 0) is 14.4 Å². The number of ether oxygens (including phenoxy) is 1. The van der Waals surface area contributed by atoms with Gasteiger partial charge in [0.2, 0.25) is 5.91 Å². The van der Waals surface area contributed by atoms with Crippen LogP contribution in [0.1, 0.15) is 6.92 Å². The number of carboxylic acid groups (broad SMARTS) is 1. The van der Waals surface area contributed by atoms with E-state index in [0.717, 1.165) is 4.47 Å². The Morgan fingerprint density at radius 2 is 1.81 bits per heavy atom. The zero-order valence-electron chi connectivity index (χ0n) is 11.3. The number of hydrogen-bond donors (Lipinski definition) is 3. The molecule has 0 radical (unpaired) electrons. The van der Waals surface area contributed by atoms with Crippen molar-refractivity contribution in [3.05, 3.63) is 28.7 Å². The smallest absolute Gasteiger partial charge is 0.322 e. The zero-order valence-corrected chi connectivity index (χ0v) is 12.8. The molecule has 0 spiro atoms. The highest BCUT2D eigenvalue weighted by molar-refractivity contribution is 9.10. The predicted molar refractivity (Wildman–Crippen MR) is 77.9 cm³/mol. The maximum atomic E-state index is 11.7. The monoisotopic (exact) mass is 358 g/mol. The first-order chi connectivity index (χ1) is 9.88. The Labute approximate surface area is 129 Å². The van der Waals surface area contributed by atoms with Gasteiger partial charge in [0.1, 0.15) is 12.3 Å². The van der Waals surface area contributed by atoms with Crippen LogP contribution >= 0.6 is 15.9 Å². The van der Waals surface area contributed by atoms with Crippen molar-refractivity contribution < 1.29 is 24.2 Å². The average Bonchev–Trinajstić information content (AvgIpc) is 2.44. The summed E-state index contributed by atoms with van der Waals surface area (Å²) in [5, 5.41) is 12.9. The highest BCUT2D eigenvalue weighted by Gasteiger charge is 2.15. The van der Waals surface area contributed by atoms with Gasteiger partial charge in [0.05, 0.1) is 6.54 Å². The fourth-order valence-electron chi connectivity index (χ4n) is 1.32. The third kappa shape index (κ3) is 6.75. The van der Waals surface area contributed by atoms with E-state index in [1.165, 1.54) is 0 Å². The molecule has 0 saturated heterocycles. The molecule has 3 N–H and O–H groups in total. The number of carboxylic acids is 1. The van der Waals surface area contributed by atoms with Gasteiger partial charge in [0.15, 0.2) is 6.10 Å². The molecule has 0 bridgehead atoms. The molecule has 21 heavy (non-hydrogen) atoms. The van der Waals surface area contributed by atoms with Crippen molar-refractivity contribution in [1.82, 2.24) is 10.6 Å². The van der Waals surface area contributed by atoms with Crippen molar-refractivity contribution in [2.24, 2.45) is 0 Å². The molecule has 7 nitrogen and oxygen atoms in total. The average molecular weight is 359 g/mol. The number of nitrogens with one attached hydrogen (secondary N) is 2. The second-order valence-electron chi connectivity index (χ2n) is 4.10. The van der Waals surface area contributed by atoms with Gasteiger partial charge >= 0.3 is 5.97 Å². The molecular weight excluding hydrogens is 344 g/mol. The van der Waals surface area contributed by atoms with E-state index in [1.807, 2.05) is 0 Å². The summed E-state index contributed by atoms with van der Waals surface area (Å²) in [4.78, 5) is 33.2. The minimum absolute atomic E-state index is 0.305. The van der Waals surface area contributed by atoms with Gasteiger partial charge in [-0.3, -0.25) is 14.4 Å². The van der Waals surface area contributed by atoms with Gasteiger partial charge in [-0.25, -0.2) is 0 Å². The Morgan fingerprint density at radius 3 is 2.38 bits per heavy atom. The van der Waals surface area contributed by atoms with Gasteiger partial charge < -0.3 is 20.5 Å². The topological polar surface area (TPSA) is 105 Å². The molecule has 0 fully saturated rings. The Kier molecular flexibility index (Phi) is 6.67. The summed E-state index contributed by atoms with van der Waals surface area (Å²) < 4.78 is 6.29. The normalized spacial score (nSPS) is 11.3. The molecule has 1 atom stereocenters. The van der Waals surface area contributed by atoms with Crippen molar-refractivity contribution in [1.29, 1.82) is 0 Å². The molecule has 114 valence electrons. The van der Waals surface area contributed by atoms with Crippen LogP contribution in [0.5, 0.6) is 5.75 Å². The van der Waals surface area contributed by atoms with E-state index < -0.39 is 30.4 Å². The quantitative estimate of drug-likeness (QED) is 0.659. The molecule has 0 aliphatic heterocycles. The van der Waals surface area contributed by atoms with Gasteiger partial charge in [-0.05, 0) is 31.2 Å². The summed E-state index contributed by atoms with van der Waals surface area (Å²) in [6, 6.07) is 6.96. The molecule has 0 aliphatic carbocycles. The molecule has 1 unspecified atom stereocenters. The number of carbonyl (C=O) groups excluding carboxylic acids is 2. The lowest BCUT2D eigenvalue weighted by Crippen LogP contribution is -2.43. The number of rotatable bonds is 7. The Bertz CT molecular complexity index is 518. The van der Waals surface area contributed by atoms with Crippen molar-refractivity contribution in [2.45, 2.75) is 13.0 Å². The van der Waals surface area contributed by atoms with Crippen LogP contribution < -0.4 is 15.4 Å². The zero-order chi connectivity index (χ0) is 15.8. The fraction of sp³-hybridized carbons (Fsp3) is 0.308. The van der Waals surface area contributed by atoms with Crippen molar-refractivity contribution >= 4 is 33.7 Å². The Hall–Kier alpha value is -2.09.